The summed E-state index contributed by atoms with van der Waals surface area (Å²) in [6.45, 7) is 4.39. The summed E-state index contributed by atoms with van der Waals surface area (Å²) in [7, 11) is 1.81. The van der Waals surface area contributed by atoms with E-state index in [-0.39, 0.29) is 23.3 Å². The second-order valence-electron chi connectivity index (χ2n) is 4.61. The molecule has 0 bridgehead atoms. The Bertz CT molecular complexity index is 526. The third kappa shape index (κ3) is 7.91. The molecule has 5 N–H and O–H groups in total. The van der Waals surface area contributed by atoms with Crippen molar-refractivity contribution in [3.8, 4) is 0 Å². The fourth-order valence-electron chi connectivity index (χ4n) is 1.34. The Labute approximate surface area is 130 Å². The first-order chi connectivity index (χ1) is 10.5. The molecule has 7 nitrogen and oxygen atoms in total. The van der Waals surface area contributed by atoms with Crippen molar-refractivity contribution in [1.82, 2.24) is 15.6 Å². The van der Waals surface area contributed by atoms with E-state index < -0.39 is 0 Å². The van der Waals surface area contributed by atoms with Gasteiger partial charge < -0.3 is 21.8 Å². The molecule has 120 valence electrons. The van der Waals surface area contributed by atoms with Crippen LogP contribution in [0.4, 0.5) is 0 Å². The van der Waals surface area contributed by atoms with Gasteiger partial charge >= 0.3 is 0 Å². The number of carbonyl (C=O) groups is 2. The zero-order chi connectivity index (χ0) is 17.0. The summed E-state index contributed by atoms with van der Waals surface area (Å²) in [5.74, 6) is -0.260. The fraction of sp³-hybridized carbons (Fsp3) is 0.333. The Morgan fingerprint density at radius 1 is 1.45 bits per heavy atom. The number of carbonyl (C=O) groups excluding carboxylic acids is 2. The number of aromatic nitrogens is 1. The first-order valence-corrected chi connectivity index (χ1v) is 6.77. The molecule has 0 spiro atoms. The lowest BCUT2D eigenvalue weighted by molar-refractivity contribution is 0.0938. The average molecular weight is 305 g/mol. The van der Waals surface area contributed by atoms with Crippen LogP contribution in [0.5, 0.6) is 0 Å². The minimum Gasteiger partial charge on any atom is -0.404 e. The molecule has 0 saturated heterocycles. The SMILES string of the molecule is CC(C)NC(=O)c1cccc(C=O)n1.CNC/C(C=N)=C/N. The Kier molecular flexibility index (Phi) is 9.87. The standard InChI is InChI=1S/C10H12N2O2.C5H11N3/c1-7(2)11-10(14)9-5-3-4-8(6-13)12-9;1-8-4-5(2-6)3-7/h3-7H,1-2H3,(H,11,14);2-3,6,8H,4,7H2,1H3/b;5-3+,6-2?. The molecule has 0 radical (unpaired) electrons. The van der Waals surface area contributed by atoms with Crippen molar-refractivity contribution < 1.29 is 9.59 Å². The van der Waals surface area contributed by atoms with Gasteiger partial charge in [0.1, 0.15) is 11.4 Å². The van der Waals surface area contributed by atoms with Crippen LogP contribution in [-0.4, -0.2) is 43.0 Å². The van der Waals surface area contributed by atoms with Gasteiger partial charge in [-0.2, -0.15) is 0 Å². The molecule has 7 heteroatoms. The van der Waals surface area contributed by atoms with Gasteiger partial charge in [-0.3, -0.25) is 9.59 Å². The summed E-state index contributed by atoms with van der Waals surface area (Å²) in [5.41, 5.74) is 6.45. The predicted octanol–water partition coefficient (Wildman–Crippen LogP) is 0.730. The van der Waals surface area contributed by atoms with E-state index in [0.717, 1.165) is 5.57 Å². The molecule has 0 fully saturated rings. The van der Waals surface area contributed by atoms with Gasteiger partial charge in [0.25, 0.3) is 5.91 Å². The average Bonchev–Trinajstić information content (AvgIpc) is 2.52. The van der Waals surface area contributed by atoms with E-state index in [1.165, 1.54) is 12.4 Å². The van der Waals surface area contributed by atoms with Crippen LogP contribution in [0.2, 0.25) is 0 Å². The summed E-state index contributed by atoms with van der Waals surface area (Å²) in [6, 6.07) is 4.82. The molecule has 1 aromatic heterocycles. The van der Waals surface area contributed by atoms with Gasteiger partial charge in [0.2, 0.25) is 0 Å². The van der Waals surface area contributed by atoms with Crippen LogP contribution in [0.25, 0.3) is 0 Å². The molecule has 1 amide bonds. The van der Waals surface area contributed by atoms with Crippen LogP contribution in [0.1, 0.15) is 34.8 Å². The number of aldehydes is 1. The Hall–Kier alpha value is -2.54. The van der Waals surface area contributed by atoms with Gasteiger partial charge in [0.05, 0.1) is 0 Å². The largest absolute Gasteiger partial charge is 0.404 e. The van der Waals surface area contributed by atoms with Crippen molar-refractivity contribution >= 4 is 18.4 Å². The first-order valence-electron chi connectivity index (χ1n) is 6.77. The monoisotopic (exact) mass is 305 g/mol. The molecular formula is C15H23N5O2. The molecule has 0 aliphatic rings. The number of nitrogens with zero attached hydrogens (tertiary/aromatic N) is 1. The third-order valence-electron chi connectivity index (χ3n) is 2.32. The highest BCUT2D eigenvalue weighted by Crippen LogP contribution is 1.97. The highest BCUT2D eigenvalue weighted by molar-refractivity contribution is 5.93. The molecule has 22 heavy (non-hydrogen) atoms. The zero-order valence-corrected chi connectivity index (χ0v) is 13.1. The van der Waals surface area contributed by atoms with E-state index >= 15 is 0 Å². The molecule has 1 aromatic rings. The lowest BCUT2D eigenvalue weighted by Crippen LogP contribution is -2.30. The topological polar surface area (TPSA) is 121 Å². The number of hydrogen-bond donors (Lipinski definition) is 4. The van der Waals surface area contributed by atoms with Crippen LogP contribution in [0.3, 0.4) is 0 Å². The summed E-state index contributed by atoms with van der Waals surface area (Å²) >= 11 is 0. The Morgan fingerprint density at radius 2 is 2.14 bits per heavy atom. The van der Waals surface area contributed by atoms with Gasteiger partial charge in [-0.15, -0.1) is 0 Å². The van der Waals surface area contributed by atoms with Crippen LogP contribution in [0.15, 0.2) is 30.0 Å². The second kappa shape index (κ2) is 11.2. The highest BCUT2D eigenvalue weighted by atomic mass is 16.2. The smallest absolute Gasteiger partial charge is 0.270 e. The van der Waals surface area contributed by atoms with Crippen LogP contribution in [-0.2, 0) is 0 Å². The van der Waals surface area contributed by atoms with E-state index in [1.807, 2.05) is 20.9 Å². The van der Waals surface area contributed by atoms with Crippen molar-refractivity contribution in [2.45, 2.75) is 19.9 Å². The molecule has 0 saturated carbocycles. The number of pyridine rings is 1. The number of amides is 1. The normalized spacial score (nSPS) is 10.5. The first kappa shape index (κ1) is 19.5. The summed E-state index contributed by atoms with van der Waals surface area (Å²) in [6.07, 6.45) is 3.27. The van der Waals surface area contributed by atoms with Gasteiger partial charge in [-0.25, -0.2) is 4.98 Å². The van der Waals surface area contributed by atoms with Crippen LogP contribution < -0.4 is 16.4 Å². The lowest BCUT2D eigenvalue weighted by Gasteiger charge is -2.07. The maximum absolute atomic E-state index is 11.4. The number of rotatable bonds is 6. The molecule has 1 heterocycles. The van der Waals surface area contributed by atoms with Crippen molar-refractivity contribution in [1.29, 1.82) is 5.41 Å². The molecule has 0 aliphatic heterocycles. The minimum absolute atomic E-state index is 0.0594. The predicted molar refractivity (Wildman–Crippen MR) is 87.2 cm³/mol. The second-order valence-corrected chi connectivity index (χ2v) is 4.61. The highest BCUT2D eigenvalue weighted by Gasteiger charge is 2.08. The maximum atomic E-state index is 11.4. The molecular weight excluding hydrogens is 282 g/mol. The van der Waals surface area contributed by atoms with Gasteiger partial charge in [-0.1, -0.05) is 6.07 Å². The molecule has 0 unspecified atom stereocenters. The number of nitrogens with one attached hydrogen (secondary N) is 3. The van der Waals surface area contributed by atoms with Crippen molar-refractivity contribution in [3.05, 3.63) is 41.4 Å². The van der Waals surface area contributed by atoms with Gasteiger partial charge in [0, 0.05) is 18.8 Å². The molecule has 0 aliphatic carbocycles. The molecule has 1 rings (SSSR count). The number of likely N-dealkylation sites (N-methyl/N-ethyl adjacent to an activating group) is 1. The van der Waals surface area contributed by atoms with E-state index in [9.17, 15) is 9.59 Å². The number of nitrogens with two attached hydrogens (primary N) is 1. The van der Waals surface area contributed by atoms with Crippen molar-refractivity contribution in [2.24, 2.45) is 5.73 Å². The third-order valence-corrected chi connectivity index (χ3v) is 2.32. The van der Waals surface area contributed by atoms with E-state index in [2.05, 4.69) is 15.6 Å². The molecule has 0 aromatic carbocycles. The lowest BCUT2D eigenvalue weighted by atomic mass is 10.3. The minimum atomic E-state index is -0.260. The van der Waals surface area contributed by atoms with Crippen molar-refractivity contribution in [2.75, 3.05) is 13.6 Å². The van der Waals surface area contributed by atoms with Gasteiger partial charge in [-0.05, 0) is 44.8 Å². The fourth-order valence-corrected chi connectivity index (χ4v) is 1.34. The van der Waals surface area contributed by atoms with Crippen molar-refractivity contribution in [3.63, 3.8) is 0 Å². The molecule has 0 atom stereocenters. The summed E-state index contributed by atoms with van der Waals surface area (Å²) < 4.78 is 0. The zero-order valence-electron chi connectivity index (χ0n) is 13.1. The summed E-state index contributed by atoms with van der Waals surface area (Å²) in [4.78, 5) is 25.7. The van der Waals surface area contributed by atoms with Gasteiger partial charge in [0.15, 0.2) is 6.29 Å². The van der Waals surface area contributed by atoms with Crippen LogP contribution in [0, 0.1) is 5.41 Å². The van der Waals surface area contributed by atoms with Crippen LogP contribution >= 0.6 is 0 Å². The van der Waals surface area contributed by atoms with E-state index in [4.69, 9.17) is 11.1 Å². The Morgan fingerprint density at radius 3 is 2.55 bits per heavy atom. The Balaban J connectivity index is 0.000000472. The summed E-state index contributed by atoms with van der Waals surface area (Å²) in [5, 5.41) is 12.3. The maximum Gasteiger partial charge on any atom is 0.270 e. The quantitative estimate of drug-likeness (QED) is 0.456. The van der Waals surface area contributed by atoms with E-state index in [1.54, 1.807) is 18.2 Å². The number of hydrogen-bond acceptors (Lipinski definition) is 6. The van der Waals surface area contributed by atoms with E-state index in [0.29, 0.717) is 12.8 Å².